The molecule has 0 fully saturated rings. The Morgan fingerprint density at radius 1 is 1.14 bits per heavy atom. The molecule has 1 aromatic carbocycles. The van der Waals surface area contributed by atoms with E-state index in [1.54, 1.807) is 19.1 Å². The smallest absolute Gasteiger partial charge is 0.330 e. The first-order chi connectivity index (χ1) is 13.1. The molecule has 0 aromatic heterocycles. The number of nitrogens with zero attached hydrogens (tertiary/aromatic N) is 1. The van der Waals surface area contributed by atoms with Gasteiger partial charge < -0.3 is 10.1 Å². The van der Waals surface area contributed by atoms with E-state index in [-0.39, 0.29) is 17.5 Å². The summed E-state index contributed by atoms with van der Waals surface area (Å²) in [4.78, 5) is 50.5. The van der Waals surface area contributed by atoms with E-state index in [2.05, 4.69) is 5.32 Å². The molecule has 0 aliphatic carbocycles. The predicted octanol–water partition coefficient (Wildman–Crippen LogP) is 0.154. The fraction of sp³-hybridized carbons (Fsp3) is 0.444. The van der Waals surface area contributed by atoms with Crippen LogP contribution in [0.25, 0.3) is 0 Å². The highest BCUT2D eigenvalue weighted by atomic mass is 32.2. The van der Waals surface area contributed by atoms with Crippen LogP contribution in [0, 0.1) is 0 Å². The van der Waals surface area contributed by atoms with E-state index in [9.17, 15) is 27.6 Å². The zero-order valence-corrected chi connectivity index (χ0v) is 16.6. The summed E-state index contributed by atoms with van der Waals surface area (Å²) in [6, 6.07) is 4.60. The Morgan fingerprint density at radius 3 is 2.14 bits per heavy atom. The van der Waals surface area contributed by atoms with Crippen molar-refractivity contribution in [2.45, 2.75) is 32.4 Å². The third kappa shape index (κ3) is 4.75. The molecule has 1 aliphatic heterocycles. The molecule has 9 nitrogen and oxygen atoms in total. The number of likely N-dealkylation sites (N-methyl/N-ethyl adjacent to an activating group) is 1. The van der Waals surface area contributed by atoms with E-state index >= 15 is 0 Å². The Morgan fingerprint density at radius 2 is 1.68 bits per heavy atom. The van der Waals surface area contributed by atoms with Gasteiger partial charge in [0.05, 0.1) is 16.9 Å². The molecule has 28 heavy (non-hydrogen) atoms. The van der Waals surface area contributed by atoms with E-state index in [1.165, 1.54) is 19.1 Å². The summed E-state index contributed by atoms with van der Waals surface area (Å²) in [6.07, 6.45) is -0.510. The molecule has 0 radical (unpaired) electrons. The zero-order chi connectivity index (χ0) is 21.1. The molecular weight excluding hydrogens is 388 g/mol. The molecule has 2 rings (SSSR count). The standard InChI is InChI=1S/C18H22N2O7S/c1-4-19-15(21)11(2)27-18(24)14(9-10-28(3,25)26)20-16(22)12-7-5-6-8-13(12)17(20)23/h5-8,11,14H,4,9-10H2,1-3H3,(H,19,21)/t11-,14-/m0/s1. The third-order valence-corrected chi connectivity index (χ3v) is 5.16. The Bertz CT molecular complexity index is 875. The van der Waals surface area contributed by atoms with Crippen molar-refractivity contribution < 1.29 is 32.3 Å². The van der Waals surface area contributed by atoms with Gasteiger partial charge in [0.1, 0.15) is 15.9 Å². The topological polar surface area (TPSA) is 127 Å². The highest BCUT2D eigenvalue weighted by Gasteiger charge is 2.44. The number of esters is 1. The average molecular weight is 410 g/mol. The number of fused-ring (bicyclic) bond motifs is 1. The molecule has 1 aliphatic rings. The van der Waals surface area contributed by atoms with Crippen molar-refractivity contribution in [3.63, 3.8) is 0 Å². The minimum absolute atomic E-state index is 0.126. The van der Waals surface area contributed by atoms with Gasteiger partial charge in [0.15, 0.2) is 6.10 Å². The molecule has 0 saturated carbocycles. The quantitative estimate of drug-likeness (QED) is 0.477. The van der Waals surface area contributed by atoms with E-state index < -0.39 is 51.4 Å². The lowest BCUT2D eigenvalue weighted by molar-refractivity contribution is -0.158. The van der Waals surface area contributed by atoms with Crippen molar-refractivity contribution in [3.8, 4) is 0 Å². The van der Waals surface area contributed by atoms with E-state index in [1.807, 2.05) is 0 Å². The van der Waals surface area contributed by atoms with Crippen LogP contribution in [0.3, 0.4) is 0 Å². The van der Waals surface area contributed by atoms with Crippen LogP contribution in [0.15, 0.2) is 24.3 Å². The second kappa shape index (κ2) is 8.51. The van der Waals surface area contributed by atoms with Crippen molar-refractivity contribution in [2.75, 3.05) is 18.6 Å². The fourth-order valence-electron chi connectivity index (χ4n) is 2.79. The molecule has 0 spiro atoms. The summed E-state index contributed by atoms with van der Waals surface area (Å²) >= 11 is 0. The van der Waals surface area contributed by atoms with Crippen LogP contribution in [-0.4, -0.2) is 67.7 Å². The second-order valence-electron chi connectivity index (χ2n) is 6.43. The summed E-state index contributed by atoms with van der Waals surface area (Å²) in [6.45, 7) is 3.37. The molecule has 2 atom stereocenters. The van der Waals surface area contributed by atoms with Crippen molar-refractivity contribution >= 4 is 33.5 Å². The summed E-state index contributed by atoms with van der Waals surface area (Å²) in [7, 11) is -3.47. The Balaban J connectivity index is 2.30. The van der Waals surface area contributed by atoms with E-state index in [0.717, 1.165) is 6.26 Å². The molecule has 10 heteroatoms. The zero-order valence-electron chi connectivity index (χ0n) is 15.8. The summed E-state index contributed by atoms with van der Waals surface area (Å²) < 4.78 is 28.2. The lowest BCUT2D eigenvalue weighted by atomic mass is 10.1. The minimum Gasteiger partial charge on any atom is -0.451 e. The maximum absolute atomic E-state index is 12.7. The van der Waals surface area contributed by atoms with Crippen molar-refractivity contribution in [2.24, 2.45) is 0 Å². The van der Waals surface area contributed by atoms with E-state index in [0.29, 0.717) is 11.4 Å². The summed E-state index contributed by atoms with van der Waals surface area (Å²) in [5.41, 5.74) is 0.253. The van der Waals surface area contributed by atoms with Gasteiger partial charge in [-0.05, 0) is 32.4 Å². The molecule has 1 aromatic rings. The van der Waals surface area contributed by atoms with Gasteiger partial charge in [0, 0.05) is 12.8 Å². The van der Waals surface area contributed by atoms with Gasteiger partial charge in [-0.1, -0.05) is 12.1 Å². The Kier molecular flexibility index (Phi) is 6.55. The maximum atomic E-state index is 12.7. The van der Waals surface area contributed by atoms with Gasteiger partial charge >= 0.3 is 5.97 Å². The van der Waals surface area contributed by atoms with E-state index in [4.69, 9.17) is 4.74 Å². The highest BCUT2D eigenvalue weighted by molar-refractivity contribution is 7.90. The maximum Gasteiger partial charge on any atom is 0.330 e. The first-order valence-electron chi connectivity index (χ1n) is 8.69. The monoisotopic (exact) mass is 410 g/mol. The Labute approximate surface area is 162 Å². The molecule has 152 valence electrons. The van der Waals surface area contributed by atoms with Gasteiger partial charge in [-0.3, -0.25) is 19.3 Å². The van der Waals surface area contributed by atoms with Crippen LogP contribution in [0.5, 0.6) is 0 Å². The molecule has 1 heterocycles. The fourth-order valence-corrected chi connectivity index (χ4v) is 3.44. The minimum atomic E-state index is -3.47. The van der Waals surface area contributed by atoms with Crippen LogP contribution in [0.1, 0.15) is 41.0 Å². The van der Waals surface area contributed by atoms with Crippen LogP contribution in [0.2, 0.25) is 0 Å². The van der Waals surface area contributed by atoms with Crippen molar-refractivity contribution in [1.29, 1.82) is 0 Å². The number of benzene rings is 1. The number of hydrogen-bond acceptors (Lipinski definition) is 7. The number of carbonyl (C=O) groups excluding carboxylic acids is 4. The van der Waals surface area contributed by atoms with Crippen LogP contribution < -0.4 is 5.32 Å². The number of ether oxygens (including phenoxy) is 1. The first kappa shape index (κ1) is 21.5. The first-order valence-corrected chi connectivity index (χ1v) is 10.8. The van der Waals surface area contributed by atoms with Crippen LogP contribution in [0.4, 0.5) is 0 Å². The highest BCUT2D eigenvalue weighted by Crippen LogP contribution is 2.26. The van der Waals surface area contributed by atoms with Crippen LogP contribution >= 0.6 is 0 Å². The lowest BCUT2D eigenvalue weighted by Gasteiger charge is -2.25. The normalized spacial score (nSPS) is 15.8. The SMILES string of the molecule is CCNC(=O)[C@H](C)OC(=O)[C@H](CCS(C)(=O)=O)N1C(=O)c2ccccc2C1=O. The number of sulfone groups is 1. The number of imide groups is 1. The van der Waals surface area contributed by atoms with Crippen molar-refractivity contribution in [1.82, 2.24) is 10.2 Å². The molecule has 0 bridgehead atoms. The van der Waals surface area contributed by atoms with Gasteiger partial charge in [-0.25, -0.2) is 13.2 Å². The summed E-state index contributed by atoms with van der Waals surface area (Å²) in [5.74, 6) is -3.41. The number of carbonyl (C=O) groups is 4. The Hall–Kier alpha value is -2.75. The van der Waals surface area contributed by atoms with Gasteiger partial charge in [0.25, 0.3) is 17.7 Å². The van der Waals surface area contributed by atoms with Crippen molar-refractivity contribution in [3.05, 3.63) is 35.4 Å². The second-order valence-corrected chi connectivity index (χ2v) is 8.69. The molecule has 0 unspecified atom stereocenters. The average Bonchev–Trinajstić information content (AvgIpc) is 2.86. The van der Waals surface area contributed by atoms with Crippen LogP contribution in [-0.2, 0) is 24.2 Å². The van der Waals surface area contributed by atoms with Gasteiger partial charge in [0.2, 0.25) is 0 Å². The summed E-state index contributed by atoms with van der Waals surface area (Å²) in [5, 5.41) is 2.49. The molecule has 0 saturated heterocycles. The number of amides is 3. The predicted molar refractivity (Wildman–Crippen MR) is 99.3 cm³/mol. The van der Waals surface area contributed by atoms with Gasteiger partial charge in [-0.15, -0.1) is 0 Å². The molecule has 3 amide bonds. The number of rotatable bonds is 8. The molecule has 1 N–H and O–H groups in total. The number of hydrogen-bond donors (Lipinski definition) is 1. The largest absolute Gasteiger partial charge is 0.451 e. The van der Waals surface area contributed by atoms with Gasteiger partial charge in [-0.2, -0.15) is 0 Å². The lowest BCUT2D eigenvalue weighted by Crippen LogP contribution is -2.48. The molecular formula is C18H22N2O7S. The third-order valence-electron chi connectivity index (χ3n) is 4.18. The number of nitrogens with one attached hydrogen (secondary N) is 1.